The van der Waals surface area contributed by atoms with Crippen molar-refractivity contribution in [2.45, 2.75) is 18.9 Å². The van der Waals surface area contributed by atoms with Crippen molar-refractivity contribution in [3.05, 3.63) is 36.1 Å². The van der Waals surface area contributed by atoms with Crippen LogP contribution in [0.4, 0.5) is 0 Å². The van der Waals surface area contributed by atoms with Crippen LogP contribution in [-0.4, -0.2) is 32.2 Å². The quantitative estimate of drug-likeness (QED) is 0.818. The fourth-order valence-electron chi connectivity index (χ4n) is 2.03. The summed E-state index contributed by atoms with van der Waals surface area (Å²) in [6, 6.07) is 9.85. The molecule has 0 fully saturated rings. The summed E-state index contributed by atoms with van der Waals surface area (Å²) in [5, 5.41) is 3.92. The molecule has 1 heterocycles. The second kappa shape index (κ2) is 8.67. The Balaban J connectivity index is 0.00000220. The van der Waals surface area contributed by atoms with Crippen molar-refractivity contribution in [2.24, 2.45) is 5.73 Å². The van der Waals surface area contributed by atoms with Gasteiger partial charge in [-0.3, -0.25) is 4.79 Å². The number of benzene rings is 1. The third-order valence-electron chi connectivity index (χ3n) is 3.18. The SMILES string of the molecule is COC(CN)CC(=O)NCCc1cc2ccccc2o1.Cl. The van der Waals surface area contributed by atoms with E-state index >= 15 is 0 Å². The van der Waals surface area contributed by atoms with Crippen LogP contribution in [0.5, 0.6) is 0 Å². The van der Waals surface area contributed by atoms with E-state index in [-0.39, 0.29) is 30.8 Å². The van der Waals surface area contributed by atoms with Gasteiger partial charge in [-0.15, -0.1) is 12.4 Å². The maximum Gasteiger partial charge on any atom is 0.222 e. The Bertz CT molecular complexity index is 534. The Kier molecular flexibility index (Phi) is 7.22. The monoisotopic (exact) mass is 312 g/mol. The molecule has 0 radical (unpaired) electrons. The summed E-state index contributed by atoms with van der Waals surface area (Å²) in [5.74, 6) is 0.812. The molecule has 0 saturated carbocycles. The standard InChI is InChI=1S/C15H20N2O3.ClH/c1-19-13(10-16)9-15(18)17-7-6-12-8-11-4-2-3-5-14(11)20-12;/h2-5,8,13H,6-7,9-10,16H2,1H3,(H,17,18);1H. The number of furan rings is 1. The molecule has 0 spiro atoms. The number of hydrogen-bond donors (Lipinski definition) is 2. The molecular weight excluding hydrogens is 292 g/mol. The number of ether oxygens (including phenoxy) is 1. The van der Waals surface area contributed by atoms with Gasteiger partial charge in [-0.2, -0.15) is 0 Å². The number of methoxy groups -OCH3 is 1. The molecule has 1 aromatic heterocycles. The lowest BCUT2D eigenvalue weighted by atomic mass is 10.2. The number of amides is 1. The van der Waals surface area contributed by atoms with Gasteiger partial charge < -0.3 is 20.2 Å². The average molecular weight is 313 g/mol. The fourth-order valence-corrected chi connectivity index (χ4v) is 2.03. The van der Waals surface area contributed by atoms with Crippen molar-refractivity contribution in [3.8, 4) is 0 Å². The topological polar surface area (TPSA) is 77.5 Å². The zero-order valence-corrected chi connectivity index (χ0v) is 12.8. The summed E-state index contributed by atoms with van der Waals surface area (Å²) in [6.07, 6.45) is 0.731. The maximum atomic E-state index is 11.7. The highest BCUT2D eigenvalue weighted by Crippen LogP contribution is 2.18. The summed E-state index contributed by atoms with van der Waals surface area (Å²) in [5.41, 5.74) is 6.35. The first-order valence-electron chi connectivity index (χ1n) is 6.70. The molecule has 3 N–H and O–H groups in total. The van der Waals surface area contributed by atoms with Crippen molar-refractivity contribution < 1.29 is 13.9 Å². The van der Waals surface area contributed by atoms with E-state index in [1.807, 2.05) is 30.3 Å². The minimum atomic E-state index is -0.221. The van der Waals surface area contributed by atoms with Crippen LogP contribution in [0, 0.1) is 0 Å². The molecule has 0 aliphatic rings. The lowest BCUT2D eigenvalue weighted by Crippen LogP contribution is -2.33. The van der Waals surface area contributed by atoms with E-state index in [9.17, 15) is 4.79 Å². The number of carbonyl (C=O) groups excluding carboxylic acids is 1. The molecule has 116 valence electrons. The number of fused-ring (bicyclic) bond motifs is 1. The molecule has 0 bridgehead atoms. The Morgan fingerprint density at radius 1 is 1.43 bits per heavy atom. The van der Waals surface area contributed by atoms with E-state index in [4.69, 9.17) is 14.9 Å². The van der Waals surface area contributed by atoms with Gasteiger partial charge in [0.15, 0.2) is 0 Å². The predicted octanol–water partition coefficient (Wildman–Crippen LogP) is 1.88. The van der Waals surface area contributed by atoms with E-state index < -0.39 is 0 Å². The smallest absolute Gasteiger partial charge is 0.222 e. The van der Waals surface area contributed by atoms with Crippen molar-refractivity contribution in [3.63, 3.8) is 0 Å². The van der Waals surface area contributed by atoms with Crippen LogP contribution < -0.4 is 11.1 Å². The third kappa shape index (κ3) is 5.04. The van der Waals surface area contributed by atoms with Crippen LogP contribution in [0.2, 0.25) is 0 Å². The molecule has 2 rings (SSSR count). The molecule has 0 aliphatic heterocycles. The summed E-state index contributed by atoms with van der Waals surface area (Å²) in [4.78, 5) is 11.7. The molecule has 0 aliphatic carbocycles. The largest absolute Gasteiger partial charge is 0.461 e. The van der Waals surface area contributed by atoms with Gasteiger partial charge in [-0.25, -0.2) is 0 Å². The average Bonchev–Trinajstić information content (AvgIpc) is 2.87. The lowest BCUT2D eigenvalue weighted by molar-refractivity contribution is -0.123. The number of nitrogens with two attached hydrogens (primary N) is 1. The van der Waals surface area contributed by atoms with Gasteiger partial charge in [0.05, 0.1) is 12.5 Å². The first kappa shape index (κ1) is 17.5. The van der Waals surface area contributed by atoms with Crippen molar-refractivity contribution in [2.75, 3.05) is 20.2 Å². The van der Waals surface area contributed by atoms with Gasteiger partial charge in [0.1, 0.15) is 11.3 Å². The normalized spacial score (nSPS) is 11.9. The highest BCUT2D eigenvalue weighted by molar-refractivity contribution is 5.85. The summed E-state index contributed by atoms with van der Waals surface area (Å²) >= 11 is 0. The Morgan fingerprint density at radius 2 is 2.19 bits per heavy atom. The van der Waals surface area contributed by atoms with Crippen LogP contribution >= 0.6 is 12.4 Å². The zero-order chi connectivity index (χ0) is 14.4. The number of nitrogens with one attached hydrogen (secondary N) is 1. The second-order valence-corrected chi connectivity index (χ2v) is 4.65. The van der Waals surface area contributed by atoms with Gasteiger partial charge >= 0.3 is 0 Å². The van der Waals surface area contributed by atoms with E-state index in [0.29, 0.717) is 19.5 Å². The number of hydrogen-bond acceptors (Lipinski definition) is 4. The van der Waals surface area contributed by atoms with E-state index in [2.05, 4.69) is 5.32 Å². The maximum absolute atomic E-state index is 11.7. The predicted molar refractivity (Wildman–Crippen MR) is 84.6 cm³/mol. The van der Waals surface area contributed by atoms with E-state index in [1.165, 1.54) is 0 Å². The second-order valence-electron chi connectivity index (χ2n) is 4.65. The van der Waals surface area contributed by atoms with Crippen molar-refractivity contribution in [1.29, 1.82) is 0 Å². The molecule has 2 aromatic rings. The minimum Gasteiger partial charge on any atom is -0.461 e. The number of halogens is 1. The molecule has 1 atom stereocenters. The zero-order valence-electron chi connectivity index (χ0n) is 12.0. The number of para-hydroxylation sites is 1. The summed E-state index contributed by atoms with van der Waals surface area (Å²) < 4.78 is 10.7. The fraction of sp³-hybridized carbons (Fsp3) is 0.400. The Morgan fingerprint density at radius 3 is 2.86 bits per heavy atom. The molecule has 5 nitrogen and oxygen atoms in total. The molecule has 6 heteroatoms. The van der Waals surface area contributed by atoms with Crippen molar-refractivity contribution >= 4 is 29.3 Å². The van der Waals surface area contributed by atoms with Gasteiger partial charge in [0.25, 0.3) is 0 Å². The number of rotatable bonds is 7. The van der Waals surface area contributed by atoms with Gasteiger partial charge in [0, 0.05) is 32.0 Å². The summed E-state index contributed by atoms with van der Waals surface area (Å²) in [7, 11) is 1.55. The van der Waals surface area contributed by atoms with Crippen LogP contribution in [0.15, 0.2) is 34.7 Å². The Labute approximate surface area is 130 Å². The molecule has 1 unspecified atom stereocenters. The molecule has 1 amide bonds. The third-order valence-corrected chi connectivity index (χ3v) is 3.18. The van der Waals surface area contributed by atoms with Crippen LogP contribution in [0.25, 0.3) is 11.0 Å². The lowest BCUT2D eigenvalue weighted by Gasteiger charge is -2.12. The molecular formula is C15H21ClN2O3. The highest BCUT2D eigenvalue weighted by atomic mass is 35.5. The van der Waals surface area contributed by atoms with Gasteiger partial charge in [-0.1, -0.05) is 18.2 Å². The van der Waals surface area contributed by atoms with Gasteiger partial charge in [0.2, 0.25) is 5.91 Å². The highest BCUT2D eigenvalue weighted by Gasteiger charge is 2.11. The molecule has 1 aromatic carbocycles. The van der Waals surface area contributed by atoms with Gasteiger partial charge in [-0.05, 0) is 12.1 Å². The Hall–Kier alpha value is -1.56. The van der Waals surface area contributed by atoms with Crippen LogP contribution in [0.1, 0.15) is 12.2 Å². The van der Waals surface area contributed by atoms with Crippen LogP contribution in [0.3, 0.4) is 0 Å². The van der Waals surface area contributed by atoms with Crippen molar-refractivity contribution in [1.82, 2.24) is 5.32 Å². The summed E-state index contributed by atoms with van der Waals surface area (Å²) in [6.45, 7) is 0.882. The van der Waals surface area contributed by atoms with E-state index in [0.717, 1.165) is 16.7 Å². The molecule has 0 saturated heterocycles. The molecule has 21 heavy (non-hydrogen) atoms. The first-order chi connectivity index (χ1) is 9.72. The number of carbonyl (C=O) groups is 1. The van der Waals surface area contributed by atoms with Crippen LogP contribution in [-0.2, 0) is 16.0 Å². The first-order valence-corrected chi connectivity index (χ1v) is 6.70. The minimum absolute atomic E-state index is 0. The van der Waals surface area contributed by atoms with E-state index in [1.54, 1.807) is 7.11 Å².